The van der Waals surface area contributed by atoms with Crippen LogP contribution in [-0.2, 0) is 11.3 Å². The van der Waals surface area contributed by atoms with Gasteiger partial charge in [-0.1, -0.05) is 0 Å². The summed E-state index contributed by atoms with van der Waals surface area (Å²) in [6.45, 7) is 5.93. The fraction of sp³-hybridized carbons (Fsp3) is 0.556. The van der Waals surface area contributed by atoms with E-state index in [9.17, 15) is 4.79 Å². The molecule has 5 heteroatoms. The molecule has 14 heavy (non-hydrogen) atoms. The van der Waals surface area contributed by atoms with E-state index in [0.717, 1.165) is 0 Å². The summed E-state index contributed by atoms with van der Waals surface area (Å²) in [4.78, 5) is 10.7. The van der Waals surface area contributed by atoms with Crippen LogP contribution in [-0.4, -0.2) is 21.2 Å². The van der Waals surface area contributed by atoms with Gasteiger partial charge in [0.25, 0.3) is 0 Å². The average Bonchev–Trinajstić information content (AvgIpc) is 2.30. The van der Waals surface area contributed by atoms with Crippen LogP contribution in [0.3, 0.4) is 0 Å². The number of rotatable bonds is 3. The van der Waals surface area contributed by atoms with Crippen LogP contribution in [0.4, 0.5) is 5.69 Å². The van der Waals surface area contributed by atoms with Crippen molar-refractivity contribution in [3.8, 4) is 0 Å². The van der Waals surface area contributed by atoms with Crippen molar-refractivity contribution in [2.45, 2.75) is 32.9 Å². The lowest BCUT2D eigenvalue weighted by Crippen LogP contribution is -2.37. The molecule has 0 spiro atoms. The number of carbonyl (C=O) groups is 1. The van der Waals surface area contributed by atoms with Gasteiger partial charge in [-0.3, -0.25) is 9.48 Å². The number of nitrogens with two attached hydrogens (primary N) is 1. The number of nitrogens with one attached hydrogen (secondary N) is 1. The molecule has 0 fully saturated rings. The van der Waals surface area contributed by atoms with E-state index in [-0.39, 0.29) is 11.4 Å². The van der Waals surface area contributed by atoms with Gasteiger partial charge in [-0.05, 0) is 13.8 Å². The second kappa shape index (κ2) is 3.79. The van der Waals surface area contributed by atoms with Gasteiger partial charge >= 0.3 is 0 Å². The summed E-state index contributed by atoms with van der Waals surface area (Å²) in [5.74, 6) is -0.100. The summed E-state index contributed by atoms with van der Waals surface area (Å²) in [7, 11) is 0. The number of hydrogen-bond donors (Lipinski definition) is 2. The fourth-order valence-electron chi connectivity index (χ4n) is 1.14. The Kier molecular flexibility index (Phi) is 2.90. The summed E-state index contributed by atoms with van der Waals surface area (Å²) in [6.07, 6.45) is 3.36. The van der Waals surface area contributed by atoms with E-state index in [1.165, 1.54) is 6.92 Å². The van der Waals surface area contributed by atoms with E-state index in [0.29, 0.717) is 12.2 Å². The molecule has 0 aromatic carbocycles. The maximum atomic E-state index is 10.7. The van der Waals surface area contributed by atoms with E-state index in [2.05, 4.69) is 10.4 Å². The first kappa shape index (κ1) is 10.7. The molecule has 0 saturated heterocycles. The largest absolute Gasteiger partial charge is 0.324 e. The van der Waals surface area contributed by atoms with Crippen LogP contribution in [0.1, 0.15) is 20.8 Å². The van der Waals surface area contributed by atoms with E-state index in [4.69, 9.17) is 5.73 Å². The van der Waals surface area contributed by atoms with Crippen molar-refractivity contribution in [3.05, 3.63) is 12.4 Å². The molecule has 78 valence electrons. The van der Waals surface area contributed by atoms with Crippen LogP contribution in [0.2, 0.25) is 0 Å². The van der Waals surface area contributed by atoms with E-state index >= 15 is 0 Å². The minimum Gasteiger partial charge on any atom is -0.324 e. The van der Waals surface area contributed by atoms with Crippen molar-refractivity contribution in [1.82, 2.24) is 9.78 Å². The maximum absolute atomic E-state index is 10.7. The molecule has 1 aromatic heterocycles. The van der Waals surface area contributed by atoms with E-state index < -0.39 is 0 Å². The quantitative estimate of drug-likeness (QED) is 0.742. The van der Waals surface area contributed by atoms with Crippen molar-refractivity contribution in [2.24, 2.45) is 5.73 Å². The summed E-state index contributed by atoms with van der Waals surface area (Å²) in [6, 6.07) is 0. The van der Waals surface area contributed by atoms with Crippen molar-refractivity contribution in [2.75, 3.05) is 5.32 Å². The molecule has 0 aliphatic rings. The highest BCUT2D eigenvalue weighted by Gasteiger charge is 2.12. The predicted octanol–water partition coefficient (Wildman–Crippen LogP) is 0.579. The lowest BCUT2D eigenvalue weighted by Gasteiger charge is -2.17. The van der Waals surface area contributed by atoms with Crippen LogP contribution in [0.5, 0.6) is 0 Å². The molecule has 0 unspecified atom stereocenters. The van der Waals surface area contributed by atoms with E-state index in [1.54, 1.807) is 17.1 Å². The second-order valence-corrected chi connectivity index (χ2v) is 4.10. The van der Waals surface area contributed by atoms with E-state index in [1.807, 2.05) is 13.8 Å². The molecule has 0 bridgehead atoms. The lowest BCUT2D eigenvalue weighted by atomic mass is 10.1. The molecule has 1 rings (SSSR count). The number of aromatic nitrogens is 2. The third-order valence-electron chi connectivity index (χ3n) is 1.52. The molecule has 1 heterocycles. The summed E-state index contributed by atoms with van der Waals surface area (Å²) >= 11 is 0. The van der Waals surface area contributed by atoms with Crippen LogP contribution in [0.15, 0.2) is 12.4 Å². The predicted molar refractivity (Wildman–Crippen MR) is 54.8 cm³/mol. The van der Waals surface area contributed by atoms with Gasteiger partial charge in [-0.15, -0.1) is 0 Å². The average molecular weight is 196 g/mol. The standard InChI is InChI=1S/C9H16N4O/c1-7(14)12-8-4-11-13(5-8)6-9(2,3)10/h4-5H,6,10H2,1-3H3,(H,12,14). The van der Waals surface area contributed by atoms with Gasteiger partial charge in [0.1, 0.15) is 0 Å². The van der Waals surface area contributed by atoms with Gasteiger partial charge in [-0.2, -0.15) is 5.10 Å². The van der Waals surface area contributed by atoms with Crippen molar-refractivity contribution >= 4 is 11.6 Å². The van der Waals surface area contributed by atoms with Crippen LogP contribution in [0.25, 0.3) is 0 Å². The number of nitrogens with zero attached hydrogens (tertiary/aromatic N) is 2. The molecular formula is C9H16N4O. The molecule has 0 aliphatic carbocycles. The zero-order valence-corrected chi connectivity index (χ0v) is 8.74. The van der Waals surface area contributed by atoms with Crippen molar-refractivity contribution in [3.63, 3.8) is 0 Å². The summed E-state index contributed by atoms with van der Waals surface area (Å²) < 4.78 is 1.71. The SMILES string of the molecule is CC(=O)Nc1cnn(CC(C)(C)N)c1. The molecule has 1 amide bonds. The third-order valence-corrected chi connectivity index (χ3v) is 1.52. The van der Waals surface area contributed by atoms with Gasteiger partial charge in [0, 0.05) is 18.7 Å². The smallest absolute Gasteiger partial charge is 0.221 e. The molecular weight excluding hydrogens is 180 g/mol. The van der Waals surface area contributed by atoms with Crippen LogP contribution >= 0.6 is 0 Å². The van der Waals surface area contributed by atoms with Gasteiger partial charge in [0.15, 0.2) is 0 Å². The van der Waals surface area contributed by atoms with Gasteiger partial charge < -0.3 is 11.1 Å². The molecule has 0 atom stereocenters. The van der Waals surface area contributed by atoms with Crippen molar-refractivity contribution < 1.29 is 4.79 Å². The minimum atomic E-state index is -0.306. The highest BCUT2D eigenvalue weighted by Crippen LogP contribution is 2.07. The third kappa shape index (κ3) is 3.57. The summed E-state index contributed by atoms with van der Waals surface area (Å²) in [5.41, 5.74) is 6.22. The number of anilines is 1. The lowest BCUT2D eigenvalue weighted by molar-refractivity contribution is -0.114. The number of amides is 1. The molecule has 3 N–H and O–H groups in total. The first-order valence-corrected chi connectivity index (χ1v) is 4.46. The fourth-order valence-corrected chi connectivity index (χ4v) is 1.14. The zero-order valence-electron chi connectivity index (χ0n) is 8.74. The Labute approximate surface area is 83.3 Å². The Morgan fingerprint density at radius 1 is 1.71 bits per heavy atom. The zero-order chi connectivity index (χ0) is 10.8. The van der Waals surface area contributed by atoms with Gasteiger partial charge in [0.05, 0.1) is 18.4 Å². The Balaban J connectivity index is 2.64. The van der Waals surface area contributed by atoms with Gasteiger partial charge in [0.2, 0.25) is 5.91 Å². The minimum absolute atomic E-state index is 0.100. The number of carbonyl (C=O) groups excluding carboxylic acids is 1. The van der Waals surface area contributed by atoms with Crippen molar-refractivity contribution in [1.29, 1.82) is 0 Å². The maximum Gasteiger partial charge on any atom is 0.221 e. The monoisotopic (exact) mass is 196 g/mol. The Morgan fingerprint density at radius 3 is 2.86 bits per heavy atom. The molecule has 0 saturated carbocycles. The Bertz CT molecular complexity index is 324. The summed E-state index contributed by atoms with van der Waals surface area (Å²) in [5, 5.41) is 6.72. The first-order chi connectivity index (χ1) is 6.37. The molecule has 1 aromatic rings. The molecule has 0 radical (unpaired) electrons. The Morgan fingerprint density at radius 2 is 2.36 bits per heavy atom. The highest BCUT2D eigenvalue weighted by molar-refractivity contribution is 5.88. The molecule has 5 nitrogen and oxygen atoms in total. The van der Waals surface area contributed by atoms with Crippen LogP contribution in [0, 0.1) is 0 Å². The normalized spacial score (nSPS) is 11.4. The Hall–Kier alpha value is -1.36. The second-order valence-electron chi connectivity index (χ2n) is 4.10. The molecule has 0 aliphatic heterocycles. The number of hydrogen-bond acceptors (Lipinski definition) is 3. The highest BCUT2D eigenvalue weighted by atomic mass is 16.1. The van der Waals surface area contributed by atoms with Crippen LogP contribution < -0.4 is 11.1 Å². The topological polar surface area (TPSA) is 72.9 Å². The van der Waals surface area contributed by atoms with Gasteiger partial charge in [-0.25, -0.2) is 0 Å². The first-order valence-electron chi connectivity index (χ1n) is 4.46.